The van der Waals surface area contributed by atoms with Gasteiger partial charge in [0.1, 0.15) is 0 Å². The predicted octanol–water partition coefficient (Wildman–Crippen LogP) is 2.64. The van der Waals surface area contributed by atoms with Gasteiger partial charge in [-0.1, -0.05) is 19.3 Å². The van der Waals surface area contributed by atoms with E-state index in [1.165, 1.54) is 64.5 Å². The van der Waals surface area contributed by atoms with Crippen molar-refractivity contribution in [2.45, 2.75) is 56.9 Å². The third kappa shape index (κ3) is 2.78. The van der Waals surface area contributed by atoms with Gasteiger partial charge in [-0.15, -0.1) is 0 Å². The van der Waals surface area contributed by atoms with Gasteiger partial charge in [0.05, 0.1) is 0 Å². The van der Waals surface area contributed by atoms with Gasteiger partial charge in [0.25, 0.3) is 0 Å². The maximum atomic E-state index is 3.74. The van der Waals surface area contributed by atoms with Gasteiger partial charge in [0, 0.05) is 12.1 Å². The van der Waals surface area contributed by atoms with Crippen LogP contribution in [0.4, 0.5) is 0 Å². The van der Waals surface area contributed by atoms with Crippen molar-refractivity contribution in [1.29, 1.82) is 0 Å². The fourth-order valence-electron chi connectivity index (χ4n) is 3.27. The zero-order chi connectivity index (χ0) is 11.4. The second-order valence-corrected chi connectivity index (χ2v) is 6.11. The zero-order valence-corrected chi connectivity index (χ0v) is 11.1. The SMILES string of the molecule is CN(C)C1(CNCC2CCCCC2)CCC1. The molecule has 2 rings (SSSR count). The number of hydrogen-bond donors (Lipinski definition) is 1. The van der Waals surface area contributed by atoms with Gasteiger partial charge < -0.3 is 10.2 Å². The van der Waals surface area contributed by atoms with E-state index in [2.05, 4.69) is 24.3 Å². The summed E-state index contributed by atoms with van der Waals surface area (Å²) < 4.78 is 0. The van der Waals surface area contributed by atoms with Crippen molar-refractivity contribution in [3.05, 3.63) is 0 Å². The van der Waals surface area contributed by atoms with Crippen molar-refractivity contribution >= 4 is 0 Å². The molecule has 16 heavy (non-hydrogen) atoms. The molecular formula is C14H28N2. The van der Waals surface area contributed by atoms with Gasteiger partial charge in [-0.2, -0.15) is 0 Å². The van der Waals surface area contributed by atoms with E-state index >= 15 is 0 Å². The van der Waals surface area contributed by atoms with Gasteiger partial charge in [-0.25, -0.2) is 0 Å². The van der Waals surface area contributed by atoms with E-state index in [1.54, 1.807) is 0 Å². The lowest BCUT2D eigenvalue weighted by atomic mass is 9.75. The maximum Gasteiger partial charge on any atom is 0.0327 e. The van der Waals surface area contributed by atoms with Crippen LogP contribution >= 0.6 is 0 Å². The number of rotatable bonds is 5. The lowest BCUT2D eigenvalue weighted by Gasteiger charge is -2.47. The number of nitrogens with zero attached hydrogens (tertiary/aromatic N) is 1. The first kappa shape index (κ1) is 12.4. The number of likely N-dealkylation sites (N-methyl/N-ethyl adjacent to an activating group) is 1. The summed E-state index contributed by atoms with van der Waals surface area (Å²) in [6, 6.07) is 0. The van der Waals surface area contributed by atoms with Gasteiger partial charge in [-0.05, 0) is 58.7 Å². The van der Waals surface area contributed by atoms with Crippen LogP contribution in [0.15, 0.2) is 0 Å². The van der Waals surface area contributed by atoms with Crippen LogP contribution in [0.3, 0.4) is 0 Å². The topological polar surface area (TPSA) is 15.3 Å². The molecule has 2 saturated carbocycles. The highest BCUT2D eigenvalue weighted by molar-refractivity contribution is 4.97. The minimum Gasteiger partial charge on any atom is -0.315 e. The fourth-order valence-corrected chi connectivity index (χ4v) is 3.27. The van der Waals surface area contributed by atoms with Crippen molar-refractivity contribution in [2.75, 3.05) is 27.2 Å². The van der Waals surface area contributed by atoms with Crippen molar-refractivity contribution in [3.63, 3.8) is 0 Å². The van der Waals surface area contributed by atoms with Crippen LogP contribution in [-0.2, 0) is 0 Å². The summed E-state index contributed by atoms with van der Waals surface area (Å²) >= 11 is 0. The second-order valence-electron chi connectivity index (χ2n) is 6.11. The lowest BCUT2D eigenvalue weighted by Crippen LogP contribution is -2.56. The number of nitrogens with one attached hydrogen (secondary N) is 1. The van der Waals surface area contributed by atoms with E-state index in [-0.39, 0.29) is 0 Å². The summed E-state index contributed by atoms with van der Waals surface area (Å²) in [5.41, 5.74) is 0.495. The van der Waals surface area contributed by atoms with Gasteiger partial charge in [-0.3, -0.25) is 0 Å². The molecule has 0 aromatic heterocycles. The number of hydrogen-bond acceptors (Lipinski definition) is 2. The second kappa shape index (κ2) is 5.50. The van der Waals surface area contributed by atoms with Crippen LogP contribution in [0.5, 0.6) is 0 Å². The van der Waals surface area contributed by atoms with Crippen molar-refractivity contribution < 1.29 is 0 Å². The average Bonchev–Trinajstić information content (AvgIpc) is 2.23. The quantitative estimate of drug-likeness (QED) is 0.772. The molecule has 2 heteroatoms. The summed E-state index contributed by atoms with van der Waals surface area (Å²) in [4.78, 5) is 2.43. The molecule has 0 aromatic rings. The fraction of sp³-hybridized carbons (Fsp3) is 1.00. The zero-order valence-electron chi connectivity index (χ0n) is 11.1. The third-order valence-electron chi connectivity index (χ3n) is 4.84. The predicted molar refractivity (Wildman–Crippen MR) is 69.7 cm³/mol. The molecule has 0 amide bonds. The molecule has 0 atom stereocenters. The summed E-state index contributed by atoms with van der Waals surface area (Å²) in [5, 5.41) is 3.74. The summed E-state index contributed by atoms with van der Waals surface area (Å²) in [6.07, 6.45) is 11.5. The molecule has 2 fully saturated rings. The molecule has 94 valence electrons. The molecule has 0 bridgehead atoms. The third-order valence-corrected chi connectivity index (χ3v) is 4.84. The first-order valence-corrected chi connectivity index (χ1v) is 7.11. The molecule has 0 saturated heterocycles. The largest absolute Gasteiger partial charge is 0.315 e. The highest BCUT2D eigenvalue weighted by Gasteiger charge is 2.38. The summed E-state index contributed by atoms with van der Waals surface area (Å²) in [7, 11) is 4.48. The van der Waals surface area contributed by atoms with Crippen molar-refractivity contribution in [1.82, 2.24) is 10.2 Å². The molecule has 0 unspecified atom stereocenters. The Kier molecular flexibility index (Phi) is 4.26. The first-order chi connectivity index (χ1) is 7.73. The minimum absolute atomic E-state index is 0.495. The highest BCUT2D eigenvalue weighted by Crippen LogP contribution is 2.35. The molecule has 0 heterocycles. The van der Waals surface area contributed by atoms with E-state index in [0.29, 0.717) is 5.54 Å². The Morgan fingerprint density at radius 2 is 1.75 bits per heavy atom. The normalized spacial score (nSPS) is 25.7. The van der Waals surface area contributed by atoms with Gasteiger partial charge >= 0.3 is 0 Å². The first-order valence-electron chi connectivity index (χ1n) is 7.11. The molecular weight excluding hydrogens is 196 g/mol. The van der Waals surface area contributed by atoms with E-state index < -0.39 is 0 Å². The van der Waals surface area contributed by atoms with E-state index in [1.807, 2.05) is 0 Å². The maximum absolute atomic E-state index is 3.74. The molecule has 2 aliphatic rings. The van der Waals surface area contributed by atoms with Crippen LogP contribution in [-0.4, -0.2) is 37.6 Å². The Morgan fingerprint density at radius 1 is 1.06 bits per heavy atom. The minimum atomic E-state index is 0.495. The highest BCUT2D eigenvalue weighted by atomic mass is 15.2. The Morgan fingerprint density at radius 3 is 2.25 bits per heavy atom. The van der Waals surface area contributed by atoms with E-state index in [9.17, 15) is 0 Å². The molecule has 0 aliphatic heterocycles. The van der Waals surface area contributed by atoms with E-state index in [0.717, 1.165) is 5.92 Å². The Bertz CT molecular complexity index is 203. The monoisotopic (exact) mass is 224 g/mol. The molecule has 2 aliphatic carbocycles. The summed E-state index contributed by atoms with van der Waals surface area (Å²) in [5.74, 6) is 0.966. The average molecular weight is 224 g/mol. The van der Waals surface area contributed by atoms with Crippen LogP contribution in [0, 0.1) is 5.92 Å². The standard InChI is InChI=1S/C14H28N2/c1-16(2)14(9-6-10-14)12-15-11-13-7-4-3-5-8-13/h13,15H,3-12H2,1-2H3. The van der Waals surface area contributed by atoms with Crippen molar-refractivity contribution in [3.8, 4) is 0 Å². The Labute approximate surface area is 101 Å². The Balaban J connectivity index is 1.66. The lowest BCUT2D eigenvalue weighted by molar-refractivity contribution is 0.0587. The molecule has 2 nitrogen and oxygen atoms in total. The molecule has 0 radical (unpaired) electrons. The Hall–Kier alpha value is -0.0800. The van der Waals surface area contributed by atoms with Crippen LogP contribution in [0.1, 0.15) is 51.4 Å². The molecule has 0 spiro atoms. The molecule has 1 N–H and O–H groups in total. The van der Waals surface area contributed by atoms with Crippen LogP contribution in [0.25, 0.3) is 0 Å². The smallest absolute Gasteiger partial charge is 0.0327 e. The van der Waals surface area contributed by atoms with Crippen LogP contribution in [0.2, 0.25) is 0 Å². The van der Waals surface area contributed by atoms with Gasteiger partial charge in [0.15, 0.2) is 0 Å². The van der Waals surface area contributed by atoms with Crippen molar-refractivity contribution in [2.24, 2.45) is 5.92 Å². The molecule has 0 aromatic carbocycles. The summed E-state index contributed by atoms with van der Waals surface area (Å²) in [6.45, 7) is 2.46. The van der Waals surface area contributed by atoms with Gasteiger partial charge in [0.2, 0.25) is 0 Å². The van der Waals surface area contributed by atoms with E-state index in [4.69, 9.17) is 0 Å². The van der Waals surface area contributed by atoms with Crippen LogP contribution < -0.4 is 5.32 Å².